The summed E-state index contributed by atoms with van der Waals surface area (Å²) in [5, 5.41) is 5.08. The molecule has 3 aliphatic carbocycles. The third kappa shape index (κ3) is 5.69. The molecule has 0 atom stereocenters. The van der Waals surface area contributed by atoms with Crippen LogP contribution in [0.5, 0.6) is 0 Å². The van der Waals surface area contributed by atoms with E-state index in [4.69, 9.17) is 0 Å². The highest BCUT2D eigenvalue weighted by Gasteiger charge is 2.51. The Labute approximate surface area is 421 Å². The van der Waals surface area contributed by atoms with Gasteiger partial charge in [0.15, 0.2) is 0 Å². The Bertz CT molecular complexity index is 4130. The molecule has 15 rings (SSSR count). The molecule has 3 aliphatic rings. The summed E-state index contributed by atoms with van der Waals surface area (Å²) < 4.78 is 0. The van der Waals surface area contributed by atoms with Crippen LogP contribution in [0.2, 0.25) is 0 Å². The van der Waals surface area contributed by atoms with Crippen molar-refractivity contribution in [3.05, 3.63) is 288 Å². The van der Waals surface area contributed by atoms with Crippen molar-refractivity contribution in [1.82, 2.24) is 0 Å². The second-order valence-corrected chi connectivity index (χ2v) is 20.7. The van der Waals surface area contributed by atoms with Crippen LogP contribution in [0.25, 0.3) is 111 Å². The summed E-state index contributed by atoms with van der Waals surface area (Å²) in [5.74, 6) is 0. The molecule has 0 radical (unpaired) electrons. The molecule has 0 heteroatoms. The molecule has 0 heterocycles. The van der Waals surface area contributed by atoms with Gasteiger partial charge in [0.1, 0.15) is 0 Å². The number of benzene rings is 12. The van der Waals surface area contributed by atoms with Gasteiger partial charge in [0.25, 0.3) is 0 Å². The van der Waals surface area contributed by atoms with E-state index in [1.165, 1.54) is 144 Å². The molecule has 0 fully saturated rings. The first kappa shape index (κ1) is 41.0. The quantitative estimate of drug-likeness (QED) is 0.151. The van der Waals surface area contributed by atoms with Gasteiger partial charge < -0.3 is 0 Å². The molecule has 0 saturated heterocycles. The smallest absolute Gasteiger partial charge is 0.0622 e. The van der Waals surface area contributed by atoms with Crippen LogP contribution in [-0.4, -0.2) is 0 Å². The van der Waals surface area contributed by atoms with E-state index >= 15 is 0 Å². The van der Waals surface area contributed by atoms with Crippen LogP contribution in [-0.2, 0) is 10.8 Å². The Hall–Kier alpha value is -8.84. The maximum Gasteiger partial charge on any atom is 0.0725 e. The lowest BCUT2D eigenvalue weighted by molar-refractivity contribution is 0.661. The van der Waals surface area contributed by atoms with E-state index in [-0.39, 0.29) is 10.8 Å². The molecule has 0 unspecified atom stereocenters. The van der Waals surface area contributed by atoms with E-state index in [9.17, 15) is 0 Å². The molecule has 0 aromatic heterocycles. The van der Waals surface area contributed by atoms with E-state index in [0.29, 0.717) is 0 Å². The van der Waals surface area contributed by atoms with Crippen molar-refractivity contribution in [2.75, 3.05) is 0 Å². The molecule has 1 spiro atoms. The largest absolute Gasteiger partial charge is 0.0725 e. The highest BCUT2D eigenvalue weighted by Crippen LogP contribution is 2.63. The predicted octanol–water partition coefficient (Wildman–Crippen LogP) is 19.0. The minimum atomic E-state index is -0.385. The molecule has 0 aliphatic heterocycles. The molecular weight excluding hydrogens is 865 g/mol. The summed E-state index contributed by atoms with van der Waals surface area (Å²) in [5.41, 5.74) is 27.9. The highest BCUT2D eigenvalue weighted by molar-refractivity contribution is 6.22. The van der Waals surface area contributed by atoms with Crippen molar-refractivity contribution < 1.29 is 0 Å². The van der Waals surface area contributed by atoms with E-state index in [0.717, 1.165) is 0 Å². The van der Waals surface area contributed by atoms with Crippen LogP contribution in [0.3, 0.4) is 0 Å². The predicted molar refractivity (Wildman–Crippen MR) is 302 cm³/mol. The fourth-order valence-electron chi connectivity index (χ4n) is 13.4. The summed E-state index contributed by atoms with van der Waals surface area (Å²) in [7, 11) is 0. The fourth-order valence-corrected chi connectivity index (χ4v) is 13.4. The molecule has 0 N–H and O–H groups in total. The molecule has 12 aromatic rings. The van der Waals surface area contributed by atoms with Crippen molar-refractivity contribution in [3.8, 4) is 89.0 Å². The Kier molecular flexibility index (Phi) is 8.73. The van der Waals surface area contributed by atoms with E-state index in [1.54, 1.807) is 0 Å². The summed E-state index contributed by atoms with van der Waals surface area (Å²) in [6, 6.07) is 96.0. The standard InChI is InChI=1S/C72H48/c1-71(2)66-41-51(52-37-39-56-55-23-13-16-28-65(55)72(68(56)42-52)63-26-14-11-21-53(63)54-22-12-15-27-64(54)72)38-40-57(66)60-43-61-62(44-67(60)71)70(50-35-31-48(32-36-50)46-19-7-4-8-20-46)59-25-10-9-24-58(59)69(61)49-33-29-47(30-34-49)45-17-5-3-6-18-45/h3-44H,1-2H3. The second kappa shape index (κ2) is 15.3. The van der Waals surface area contributed by atoms with Gasteiger partial charge in [-0.25, -0.2) is 0 Å². The minimum absolute atomic E-state index is 0.260. The molecule has 0 nitrogen and oxygen atoms in total. The first-order valence-corrected chi connectivity index (χ1v) is 25.4. The molecule has 0 saturated carbocycles. The lowest BCUT2D eigenvalue weighted by Gasteiger charge is -2.30. The van der Waals surface area contributed by atoms with Crippen molar-refractivity contribution in [3.63, 3.8) is 0 Å². The second-order valence-electron chi connectivity index (χ2n) is 20.7. The van der Waals surface area contributed by atoms with Gasteiger partial charge in [-0.05, 0) is 168 Å². The van der Waals surface area contributed by atoms with Crippen molar-refractivity contribution >= 4 is 21.5 Å². The van der Waals surface area contributed by atoms with E-state index in [2.05, 4.69) is 269 Å². The van der Waals surface area contributed by atoms with Gasteiger partial charge in [0, 0.05) is 5.41 Å². The molecule has 72 heavy (non-hydrogen) atoms. The van der Waals surface area contributed by atoms with Crippen LogP contribution in [0, 0.1) is 0 Å². The van der Waals surface area contributed by atoms with Crippen molar-refractivity contribution in [2.24, 2.45) is 0 Å². The zero-order valence-electron chi connectivity index (χ0n) is 40.2. The molecule has 12 aromatic carbocycles. The summed E-state index contributed by atoms with van der Waals surface area (Å²) in [4.78, 5) is 0. The molecule has 0 bridgehead atoms. The van der Waals surface area contributed by atoms with Gasteiger partial charge >= 0.3 is 0 Å². The average molecular weight is 913 g/mol. The van der Waals surface area contributed by atoms with Gasteiger partial charge in [-0.3, -0.25) is 0 Å². The SMILES string of the molecule is CC1(C)c2cc(-c3ccc4c(c3)C3(c5ccccc5-c5ccccc53)c3ccccc3-4)ccc2-c2cc3c(-c4ccc(-c5ccccc5)cc4)c4ccccc4c(-c4ccc(-c5ccccc5)cc4)c3cc21. The lowest BCUT2D eigenvalue weighted by Crippen LogP contribution is -2.25. The normalized spacial score (nSPS) is 13.9. The summed E-state index contributed by atoms with van der Waals surface area (Å²) in [6.45, 7) is 4.87. The fraction of sp³-hybridized carbons (Fsp3) is 0.0556. The van der Waals surface area contributed by atoms with Gasteiger partial charge in [-0.1, -0.05) is 244 Å². The minimum Gasteiger partial charge on any atom is -0.0622 e. The Balaban J connectivity index is 0.924. The van der Waals surface area contributed by atoms with Crippen LogP contribution in [0.1, 0.15) is 47.2 Å². The van der Waals surface area contributed by atoms with Crippen LogP contribution < -0.4 is 0 Å². The lowest BCUT2D eigenvalue weighted by atomic mass is 9.70. The Morgan fingerprint density at radius 3 is 1.03 bits per heavy atom. The monoisotopic (exact) mass is 912 g/mol. The van der Waals surface area contributed by atoms with Gasteiger partial charge in [-0.2, -0.15) is 0 Å². The maximum atomic E-state index is 2.56. The highest BCUT2D eigenvalue weighted by atomic mass is 14.5. The first-order valence-electron chi connectivity index (χ1n) is 25.4. The summed E-state index contributed by atoms with van der Waals surface area (Å²) >= 11 is 0. The van der Waals surface area contributed by atoms with Crippen LogP contribution in [0.4, 0.5) is 0 Å². The average Bonchev–Trinajstić information content (AvgIpc) is 4.00. The van der Waals surface area contributed by atoms with Crippen molar-refractivity contribution in [2.45, 2.75) is 24.7 Å². The van der Waals surface area contributed by atoms with Crippen molar-refractivity contribution in [1.29, 1.82) is 0 Å². The van der Waals surface area contributed by atoms with E-state index < -0.39 is 0 Å². The van der Waals surface area contributed by atoms with Gasteiger partial charge in [0.2, 0.25) is 0 Å². The topological polar surface area (TPSA) is 0 Å². The zero-order chi connectivity index (χ0) is 47.7. The van der Waals surface area contributed by atoms with E-state index in [1.807, 2.05) is 0 Å². The number of hydrogen-bond donors (Lipinski definition) is 0. The summed E-state index contributed by atoms with van der Waals surface area (Å²) in [6.07, 6.45) is 0. The maximum absolute atomic E-state index is 2.56. The molecular formula is C72H48. The van der Waals surface area contributed by atoms with Crippen LogP contribution in [0.15, 0.2) is 255 Å². The Morgan fingerprint density at radius 2 is 0.542 bits per heavy atom. The Morgan fingerprint density at radius 1 is 0.208 bits per heavy atom. The number of fused-ring (bicyclic) bond motifs is 15. The first-order chi connectivity index (χ1) is 35.5. The molecule has 0 amide bonds. The molecule has 336 valence electrons. The van der Waals surface area contributed by atoms with Gasteiger partial charge in [-0.15, -0.1) is 0 Å². The third-order valence-electron chi connectivity index (χ3n) is 16.7. The zero-order valence-corrected chi connectivity index (χ0v) is 40.2. The van der Waals surface area contributed by atoms with Gasteiger partial charge in [0.05, 0.1) is 5.41 Å². The number of hydrogen-bond acceptors (Lipinski definition) is 0. The third-order valence-corrected chi connectivity index (χ3v) is 16.7. The van der Waals surface area contributed by atoms with Crippen LogP contribution >= 0.6 is 0 Å². The number of rotatable bonds is 5.